The van der Waals surface area contributed by atoms with E-state index in [2.05, 4.69) is 69.4 Å². The molecule has 0 aromatic heterocycles. The van der Waals surface area contributed by atoms with E-state index >= 15 is 0 Å². The largest absolute Gasteiger partial charge is 0.479 e. The van der Waals surface area contributed by atoms with Gasteiger partial charge in [-0.05, 0) is 83.5 Å². The van der Waals surface area contributed by atoms with Crippen molar-refractivity contribution in [3.05, 3.63) is 48.6 Å². The summed E-state index contributed by atoms with van der Waals surface area (Å²) in [5.74, 6) is -3.09. The molecule has 1 saturated heterocycles. The molecule has 85 heavy (non-hydrogen) atoms. The lowest BCUT2D eigenvalue weighted by Crippen LogP contribution is -2.61. The molecular weight excluding hydrogens is 1070 g/mol. The van der Waals surface area contributed by atoms with Gasteiger partial charge in [0, 0.05) is 19.3 Å². The average Bonchev–Trinajstić information content (AvgIpc) is 3.51. The van der Waals surface area contributed by atoms with Crippen molar-refractivity contribution >= 4 is 23.9 Å². The summed E-state index contributed by atoms with van der Waals surface area (Å²) < 4.78 is 28.7. The summed E-state index contributed by atoms with van der Waals surface area (Å²) in [5, 5.41) is 31.7. The minimum absolute atomic E-state index is 0.0579. The first-order valence-corrected chi connectivity index (χ1v) is 35.6. The van der Waals surface area contributed by atoms with Crippen molar-refractivity contribution in [1.29, 1.82) is 0 Å². The number of hydrogen-bond acceptors (Lipinski definition) is 11. The van der Waals surface area contributed by atoms with Crippen LogP contribution in [0.5, 0.6) is 0 Å². The molecule has 1 aliphatic heterocycles. The number of carbonyl (C=O) groups is 4. The first-order valence-electron chi connectivity index (χ1n) is 35.6. The third kappa shape index (κ3) is 50.3. The molecule has 0 bridgehead atoms. The van der Waals surface area contributed by atoms with Crippen molar-refractivity contribution in [3.63, 3.8) is 0 Å². The van der Waals surface area contributed by atoms with Gasteiger partial charge in [-0.25, -0.2) is 4.79 Å². The van der Waals surface area contributed by atoms with Gasteiger partial charge in [0.15, 0.2) is 24.6 Å². The second kappa shape index (κ2) is 60.9. The van der Waals surface area contributed by atoms with Gasteiger partial charge >= 0.3 is 23.9 Å². The number of aliphatic carboxylic acids is 1. The van der Waals surface area contributed by atoms with E-state index in [1.165, 1.54) is 193 Å². The third-order valence-corrected chi connectivity index (χ3v) is 16.4. The van der Waals surface area contributed by atoms with Gasteiger partial charge in [-0.3, -0.25) is 14.4 Å². The lowest BCUT2D eigenvalue weighted by Gasteiger charge is -2.40. The number of carboxylic acid groups (broad SMARTS) is 1. The van der Waals surface area contributed by atoms with Gasteiger partial charge in [0.2, 0.25) is 0 Å². The molecule has 0 aromatic carbocycles. The normalized spacial score (nSPS) is 17.7. The molecule has 0 aromatic rings. The number of aliphatic hydroxyl groups is 2. The summed E-state index contributed by atoms with van der Waals surface area (Å²) in [6.07, 6.45) is 63.4. The summed E-state index contributed by atoms with van der Waals surface area (Å²) in [7, 11) is 0. The van der Waals surface area contributed by atoms with E-state index in [4.69, 9.17) is 23.7 Å². The van der Waals surface area contributed by atoms with Crippen LogP contribution in [0.25, 0.3) is 0 Å². The van der Waals surface area contributed by atoms with Crippen molar-refractivity contribution < 1.29 is 58.2 Å². The highest BCUT2D eigenvalue weighted by molar-refractivity contribution is 5.74. The van der Waals surface area contributed by atoms with Gasteiger partial charge in [-0.1, -0.05) is 288 Å². The summed E-state index contributed by atoms with van der Waals surface area (Å²) in [6.45, 7) is 6.01. The van der Waals surface area contributed by atoms with Crippen LogP contribution < -0.4 is 0 Å². The molecule has 0 spiro atoms. The maximum Gasteiger partial charge on any atom is 0.335 e. The summed E-state index contributed by atoms with van der Waals surface area (Å²) >= 11 is 0. The zero-order chi connectivity index (χ0) is 61.7. The number of allylic oxidation sites excluding steroid dienone is 8. The molecule has 12 heteroatoms. The van der Waals surface area contributed by atoms with Crippen molar-refractivity contribution in [2.45, 2.75) is 379 Å². The summed E-state index contributed by atoms with van der Waals surface area (Å²) in [4.78, 5) is 51.5. The smallest absolute Gasteiger partial charge is 0.335 e. The molecular formula is C73H130O12. The maximum absolute atomic E-state index is 13.2. The monoisotopic (exact) mass is 1200 g/mol. The first kappa shape index (κ1) is 79.7. The molecule has 3 N–H and O–H groups in total. The Labute approximate surface area is 520 Å². The molecule has 1 fully saturated rings. The van der Waals surface area contributed by atoms with E-state index in [-0.39, 0.29) is 25.9 Å². The Morgan fingerprint density at radius 3 is 1.08 bits per heavy atom. The standard InChI is InChI=1S/C73H130O12/c1-4-7-10-13-16-19-22-25-28-31-33-36-38-41-44-47-50-53-56-59-65(74)81-62-64(83-66(75)60-57-54-51-48-45-42-39-35-30-27-24-21-18-15-12-9-6-3)63-82-73-71(69(78)68(77)70(85-73)72(79)80)84-67(76)61-58-55-52-49-46-43-40-37-34-32-29-26-23-20-17-14-11-8-5-2/h16-17,19-20,25-26,28-29,64,68-71,73,77-78H,4-15,18,21-24,27,30-63H2,1-3H3,(H,79,80)/b19-16-,20-17-,28-25-,29-26-. The molecule has 1 heterocycles. The Balaban J connectivity index is 2.62. The highest BCUT2D eigenvalue weighted by Crippen LogP contribution is 2.27. The lowest BCUT2D eigenvalue weighted by molar-refractivity contribution is -0.301. The predicted octanol–water partition coefficient (Wildman–Crippen LogP) is 19.7. The fraction of sp³-hybridized carbons (Fsp3) is 0.836. The van der Waals surface area contributed by atoms with Crippen LogP contribution in [-0.4, -0.2) is 89.2 Å². The lowest BCUT2D eigenvalue weighted by atomic mass is 9.98. The Hall–Kier alpha value is -3.32. The van der Waals surface area contributed by atoms with E-state index < -0.39 is 67.3 Å². The SMILES string of the molecule is CCCCC/C=C\C/C=C\CCCCCCCCCCCC(=O)OCC(COC1OC(C(=O)O)C(O)C(O)C1OC(=O)CCCCCCCCCCC/C=C\C/C=C\CCCCC)OC(=O)CCCCCCCCCCCCCCCCCCC. The highest BCUT2D eigenvalue weighted by atomic mass is 16.7. The van der Waals surface area contributed by atoms with Gasteiger partial charge in [0.1, 0.15) is 18.8 Å². The van der Waals surface area contributed by atoms with Crippen LogP contribution in [0.2, 0.25) is 0 Å². The Bertz CT molecular complexity index is 1660. The second-order valence-corrected chi connectivity index (χ2v) is 24.5. The van der Waals surface area contributed by atoms with E-state index in [0.29, 0.717) is 19.3 Å². The first-order chi connectivity index (χ1) is 41.6. The third-order valence-electron chi connectivity index (χ3n) is 16.4. The van der Waals surface area contributed by atoms with Gasteiger partial charge in [-0.15, -0.1) is 0 Å². The van der Waals surface area contributed by atoms with Crippen LogP contribution in [0.4, 0.5) is 0 Å². The van der Waals surface area contributed by atoms with Crippen LogP contribution in [0.1, 0.15) is 342 Å². The Kier molecular flexibility index (Phi) is 57.1. The van der Waals surface area contributed by atoms with Crippen molar-refractivity contribution in [3.8, 4) is 0 Å². The number of esters is 3. The minimum atomic E-state index is -1.90. The van der Waals surface area contributed by atoms with Crippen molar-refractivity contribution in [2.24, 2.45) is 0 Å². The second-order valence-electron chi connectivity index (χ2n) is 24.5. The molecule has 1 aliphatic rings. The van der Waals surface area contributed by atoms with Gasteiger partial charge < -0.3 is 39.0 Å². The number of unbranched alkanes of at least 4 members (excludes halogenated alkanes) is 40. The highest BCUT2D eigenvalue weighted by Gasteiger charge is 2.50. The van der Waals surface area contributed by atoms with Gasteiger partial charge in [0.05, 0.1) is 6.61 Å². The molecule has 0 radical (unpaired) electrons. The number of carbonyl (C=O) groups excluding carboxylic acids is 3. The quantitative estimate of drug-likeness (QED) is 0.0228. The molecule has 12 nitrogen and oxygen atoms in total. The number of hydrogen-bond donors (Lipinski definition) is 3. The molecule has 0 amide bonds. The van der Waals surface area contributed by atoms with Gasteiger partial charge in [0.25, 0.3) is 0 Å². The Morgan fingerprint density at radius 2 is 0.706 bits per heavy atom. The molecule has 494 valence electrons. The topological polar surface area (TPSA) is 175 Å². The van der Waals surface area contributed by atoms with Crippen LogP contribution in [0.3, 0.4) is 0 Å². The van der Waals surface area contributed by atoms with E-state index in [1.807, 2.05) is 0 Å². The average molecular weight is 1200 g/mol. The molecule has 0 aliphatic carbocycles. The molecule has 6 unspecified atom stereocenters. The number of aliphatic hydroxyl groups excluding tert-OH is 2. The number of ether oxygens (including phenoxy) is 5. The van der Waals surface area contributed by atoms with Gasteiger partial charge in [-0.2, -0.15) is 0 Å². The van der Waals surface area contributed by atoms with Crippen LogP contribution in [-0.2, 0) is 42.9 Å². The van der Waals surface area contributed by atoms with E-state index in [0.717, 1.165) is 89.9 Å². The fourth-order valence-corrected chi connectivity index (χ4v) is 10.9. The molecule has 6 atom stereocenters. The fourth-order valence-electron chi connectivity index (χ4n) is 10.9. The molecule has 0 saturated carbocycles. The van der Waals surface area contributed by atoms with Crippen LogP contribution in [0, 0.1) is 0 Å². The zero-order valence-electron chi connectivity index (χ0n) is 54.9. The summed E-state index contributed by atoms with van der Waals surface area (Å²) in [5.41, 5.74) is 0. The van der Waals surface area contributed by atoms with Crippen molar-refractivity contribution in [2.75, 3.05) is 13.2 Å². The van der Waals surface area contributed by atoms with E-state index in [1.54, 1.807) is 0 Å². The van der Waals surface area contributed by atoms with Crippen molar-refractivity contribution in [1.82, 2.24) is 0 Å². The van der Waals surface area contributed by atoms with E-state index in [9.17, 15) is 34.5 Å². The minimum Gasteiger partial charge on any atom is -0.479 e. The number of carboxylic acids is 1. The zero-order valence-corrected chi connectivity index (χ0v) is 54.9. The molecule has 1 rings (SSSR count). The summed E-state index contributed by atoms with van der Waals surface area (Å²) in [6, 6.07) is 0. The maximum atomic E-state index is 13.2. The Morgan fingerprint density at radius 1 is 0.388 bits per heavy atom. The number of rotatable bonds is 62. The van der Waals surface area contributed by atoms with Crippen LogP contribution in [0.15, 0.2) is 48.6 Å². The predicted molar refractivity (Wildman–Crippen MR) is 349 cm³/mol. The van der Waals surface area contributed by atoms with Crippen LogP contribution >= 0.6 is 0 Å².